The van der Waals surface area contributed by atoms with Crippen LogP contribution in [0, 0.1) is 0 Å². The van der Waals surface area contributed by atoms with Crippen LogP contribution in [0.3, 0.4) is 0 Å². The zero-order valence-corrected chi connectivity index (χ0v) is 9.58. The highest BCUT2D eigenvalue weighted by molar-refractivity contribution is 9.15. The number of likely N-dealkylation sites (N-methyl/N-ethyl adjacent to an activating group) is 1. The summed E-state index contributed by atoms with van der Waals surface area (Å²) in [6, 6.07) is 10.3. The molecule has 0 atom stereocenters. The molecule has 2 heteroatoms. The Hall–Kier alpha value is -0.600. The summed E-state index contributed by atoms with van der Waals surface area (Å²) >= 11 is 3.55. The molecule has 1 nitrogen and oxygen atoms in total. The van der Waals surface area contributed by atoms with Crippen molar-refractivity contribution in [2.75, 3.05) is 20.6 Å². The van der Waals surface area contributed by atoms with Gasteiger partial charge in [-0.25, -0.2) is 0 Å². The average molecular weight is 240 g/mol. The van der Waals surface area contributed by atoms with Gasteiger partial charge in [-0.2, -0.15) is 0 Å². The highest BCUT2D eigenvalue weighted by Crippen LogP contribution is 2.19. The Labute approximate surface area is 88.2 Å². The van der Waals surface area contributed by atoms with Crippen LogP contribution in [0.5, 0.6) is 0 Å². The minimum Gasteiger partial charge on any atom is -0.306 e. The Bertz CT molecular complexity index is 277. The Morgan fingerprint density at radius 1 is 1.31 bits per heavy atom. The maximum atomic E-state index is 3.55. The van der Waals surface area contributed by atoms with Crippen LogP contribution in [0.2, 0.25) is 0 Å². The zero-order valence-electron chi connectivity index (χ0n) is 8.00. The summed E-state index contributed by atoms with van der Waals surface area (Å²) in [4.78, 5) is 2.13. The molecule has 0 saturated carbocycles. The number of hydrogen-bond acceptors (Lipinski definition) is 1. The van der Waals surface area contributed by atoms with E-state index in [1.54, 1.807) is 0 Å². The molecule has 1 rings (SSSR count). The molecular formula is C11H14BrN. The molecule has 70 valence electrons. The Morgan fingerprint density at radius 2 is 1.92 bits per heavy atom. The van der Waals surface area contributed by atoms with E-state index in [-0.39, 0.29) is 0 Å². The molecule has 0 aromatic heterocycles. The van der Waals surface area contributed by atoms with E-state index in [9.17, 15) is 0 Å². The lowest BCUT2D eigenvalue weighted by atomic mass is 10.2. The zero-order chi connectivity index (χ0) is 9.68. The first kappa shape index (κ1) is 10.5. The van der Waals surface area contributed by atoms with Gasteiger partial charge in [-0.15, -0.1) is 0 Å². The van der Waals surface area contributed by atoms with Crippen LogP contribution >= 0.6 is 15.9 Å². The summed E-state index contributed by atoms with van der Waals surface area (Å²) in [6.07, 6.45) is 2.16. The van der Waals surface area contributed by atoms with Crippen molar-refractivity contribution in [3.05, 3.63) is 42.0 Å². The largest absolute Gasteiger partial charge is 0.306 e. The number of nitrogens with zero attached hydrogens (tertiary/aromatic N) is 1. The van der Waals surface area contributed by atoms with Gasteiger partial charge >= 0.3 is 0 Å². The standard InChI is InChI=1S/C11H14BrN/c1-13(2)9-8-11(12)10-6-4-3-5-7-10/h3-8H,9H2,1-2H3/b11-8+. The molecule has 1 aromatic rings. The quantitative estimate of drug-likeness (QED) is 0.785. The van der Waals surface area contributed by atoms with E-state index >= 15 is 0 Å². The third-order valence-electron chi connectivity index (χ3n) is 1.69. The molecule has 0 radical (unpaired) electrons. The summed E-state index contributed by atoms with van der Waals surface area (Å²) in [5.41, 5.74) is 1.23. The van der Waals surface area contributed by atoms with Crippen molar-refractivity contribution in [2.45, 2.75) is 0 Å². The molecule has 0 unspecified atom stereocenters. The average Bonchev–Trinajstić information content (AvgIpc) is 2.15. The molecule has 13 heavy (non-hydrogen) atoms. The maximum Gasteiger partial charge on any atom is 0.0220 e. The van der Waals surface area contributed by atoms with Crippen molar-refractivity contribution in [3.63, 3.8) is 0 Å². The van der Waals surface area contributed by atoms with Crippen molar-refractivity contribution < 1.29 is 0 Å². The number of rotatable bonds is 3. The van der Waals surface area contributed by atoms with E-state index in [0.717, 1.165) is 11.0 Å². The van der Waals surface area contributed by atoms with Crippen LogP contribution in [0.4, 0.5) is 0 Å². The van der Waals surface area contributed by atoms with Crippen molar-refractivity contribution in [3.8, 4) is 0 Å². The van der Waals surface area contributed by atoms with Crippen LogP contribution in [0.15, 0.2) is 36.4 Å². The van der Waals surface area contributed by atoms with Crippen molar-refractivity contribution in [1.82, 2.24) is 4.90 Å². The monoisotopic (exact) mass is 239 g/mol. The van der Waals surface area contributed by atoms with Gasteiger partial charge in [0.1, 0.15) is 0 Å². The SMILES string of the molecule is CN(C)C/C=C(/Br)c1ccccc1. The van der Waals surface area contributed by atoms with Crippen molar-refractivity contribution in [1.29, 1.82) is 0 Å². The van der Waals surface area contributed by atoms with E-state index in [0.29, 0.717) is 0 Å². The van der Waals surface area contributed by atoms with Crippen molar-refractivity contribution >= 4 is 20.4 Å². The van der Waals surface area contributed by atoms with E-state index in [1.807, 2.05) is 18.2 Å². The van der Waals surface area contributed by atoms with E-state index in [4.69, 9.17) is 0 Å². The highest BCUT2D eigenvalue weighted by atomic mass is 79.9. The van der Waals surface area contributed by atoms with Crippen LogP contribution in [0.25, 0.3) is 4.48 Å². The molecule has 0 aliphatic carbocycles. The molecule has 0 amide bonds. The maximum absolute atomic E-state index is 3.55. The van der Waals surface area contributed by atoms with Gasteiger partial charge in [-0.3, -0.25) is 0 Å². The second-order valence-corrected chi connectivity index (χ2v) is 4.03. The minimum absolute atomic E-state index is 0.954. The molecule has 0 spiro atoms. The molecule has 1 aromatic carbocycles. The van der Waals surface area contributed by atoms with E-state index in [1.165, 1.54) is 5.56 Å². The fourth-order valence-corrected chi connectivity index (χ4v) is 1.39. The molecule has 0 bridgehead atoms. The lowest BCUT2D eigenvalue weighted by Crippen LogP contribution is -2.10. The first-order valence-electron chi connectivity index (χ1n) is 4.26. The predicted octanol–water partition coefficient (Wildman–Crippen LogP) is 2.98. The molecule has 0 saturated heterocycles. The van der Waals surface area contributed by atoms with Gasteiger partial charge in [0, 0.05) is 11.0 Å². The second-order valence-electron chi connectivity index (χ2n) is 3.18. The third-order valence-corrected chi connectivity index (χ3v) is 2.47. The first-order chi connectivity index (χ1) is 6.20. The molecule has 0 aliphatic heterocycles. The van der Waals surface area contributed by atoms with Gasteiger partial charge in [-0.05, 0) is 19.7 Å². The van der Waals surface area contributed by atoms with Gasteiger partial charge in [0.2, 0.25) is 0 Å². The lowest BCUT2D eigenvalue weighted by molar-refractivity contribution is 0.457. The number of benzene rings is 1. The number of halogens is 1. The summed E-state index contributed by atoms with van der Waals surface area (Å²) in [6.45, 7) is 0.954. The van der Waals surface area contributed by atoms with Crippen LogP contribution in [0.1, 0.15) is 5.56 Å². The van der Waals surface area contributed by atoms with E-state index in [2.05, 4.69) is 53.1 Å². The molecule has 0 aliphatic rings. The van der Waals surface area contributed by atoms with Gasteiger partial charge in [0.05, 0.1) is 0 Å². The molecular weight excluding hydrogens is 226 g/mol. The second kappa shape index (κ2) is 5.20. The Morgan fingerprint density at radius 3 is 2.46 bits per heavy atom. The summed E-state index contributed by atoms with van der Waals surface area (Å²) < 4.78 is 1.15. The topological polar surface area (TPSA) is 3.24 Å². The van der Waals surface area contributed by atoms with Crippen LogP contribution < -0.4 is 0 Å². The first-order valence-corrected chi connectivity index (χ1v) is 5.05. The summed E-state index contributed by atoms with van der Waals surface area (Å²) in [5.74, 6) is 0. The Balaban J connectivity index is 2.68. The van der Waals surface area contributed by atoms with Gasteiger partial charge in [0.15, 0.2) is 0 Å². The normalized spacial score (nSPS) is 12.2. The van der Waals surface area contributed by atoms with Crippen LogP contribution in [-0.2, 0) is 0 Å². The smallest absolute Gasteiger partial charge is 0.0220 e. The highest BCUT2D eigenvalue weighted by Gasteiger charge is 1.94. The lowest BCUT2D eigenvalue weighted by Gasteiger charge is -2.05. The summed E-state index contributed by atoms with van der Waals surface area (Å²) in [7, 11) is 4.11. The third kappa shape index (κ3) is 3.75. The molecule has 0 N–H and O–H groups in total. The Kier molecular flexibility index (Phi) is 4.19. The van der Waals surface area contributed by atoms with Gasteiger partial charge in [-0.1, -0.05) is 52.3 Å². The van der Waals surface area contributed by atoms with Crippen molar-refractivity contribution in [2.24, 2.45) is 0 Å². The number of hydrogen-bond donors (Lipinski definition) is 0. The van der Waals surface area contributed by atoms with Gasteiger partial charge < -0.3 is 4.90 Å². The minimum atomic E-state index is 0.954. The molecule has 0 fully saturated rings. The fourth-order valence-electron chi connectivity index (χ4n) is 0.978. The summed E-state index contributed by atoms with van der Waals surface area (Å²) in [5, 5.41) is 0. The van der Waals surface area contributed by atoms with E-state index < -0.39 is 0 Å². The molecule has 0 heterocycles. The fraction of sp³-hybridized carbons (Fsp3) is 0.273. The van der Waals surface area contributed by atoms with Gasteiger partial charge in [0.25, 0.3) is 0 Å². The van der Waals surface area contributed by atoms with Crippen LogP contribution in [-0.4, -0.2) is 25.5 Å². The predicted molar refractivity (Wildman–Crippen MR) is 61.9 cm³/mol.